The highest BCUT2D eigenvalue weighted by atomic mass is 17.2. The SMILES string of the molecule is COOC(c1ccccc1)C1CC2CC1C1C3C=CC(C3)C21. The molecule has 3 saturated carbocycles. The van der Waals surface area contributed by atoms with E-state index in [0.29, 0.717) is 5.92 Å². The van der Waals surface area contributed by atoms with Gasteiger partial charge in [-0.2, -0.15) is 0 Å². The van der Waals surface area contributed by atoms with Crippen LogP contribution in [0.4, 0.5) is 0 Å². The van der Waals surface area contributed by atoms with E-state index in [1.807, 2.05) is 0 Å². The summed E-state index contributed by atoms with van der Waals surface area (Å²) in [6, 6.07) is 10.7. The van der Waals surface area contributed by atoms with Crippen LogP contribution in [0, 0.1) is 41.4 Å². The average Bonchev–Trinajstić information content (AvgIpc) is 3.31. The van der Waals surface area contributed by atoms with E-state index in [9.17, 15) is 0 Å². The number of hydrogen-bond acceptors (Lipinski definition) is 2. The molecule has 2 heteroatoms. The Morgan fingerprint density at radius 3 is 2.50 bits per heavy atom. The van der Waals surface area contributed by atoms with Crippen LogP contribution in [0.15, 0.2) is 42.5 Å². The molecule has 4 aliphatic carbocycles. The Bertz CT molecular complexity index is 581. The van der Waals surface area contributed by atoms with Crippen molar-refractivity contribution < 1.29 is 9.78 Å². The molecule has 3 fully saturated rings. The zero-order valence-electron chi connectivity index (χ0n) is 13.1. The lowest BCUT2D eigenvalue weighted by atomic mass is 9.67. The maximum absolute atomic E-state index is 5.78. The third-order valence-corrected chi connectivity index (χ3v) is 7.04. The molecule has 8 unspecified atom stereocenters. The number of rotatable bonds is 4. The highest BCUT2D eigenvalue weighted by molar-refractivity contribution is 5.24. The second-order valence-corrected chi connectivity index (χ2v) is 7.76. The van der Waals surface area contributed by atoms with Gasteiger partial charge in [0.2, 0.25) is 0 Å². The van der Waals surface area contributed by atoms with Gasteiger partial charge in [0.25, 0.3) is 0 Å². The molecule has 0 saturated heterocycles. The van der Waals surface area contributed by atoms with Gasteiger partial charge in [-0.05, 0) is 66.3 Å². The standard InChI is InChI=1S/C20H24O2/c1-21-22-20(12-5-3-2-4-6-12)17-11-15-10-16(17)19-14-8-7-13(9-14)18(15)19/h2-8,13-20H,9-11H2,1H3. The van der Waals surface area contributed by atoms with Gasteiger partial charge >= 0.3 is 0 Å². The summed E-state index contributed by atoms with van der Waals surface area (Å²) in [5.74, 6) is 6.03. The van der Waals surface area contributed by atoms with Gasteiger partial charge in [-0.25, -0.2) is 9.78 Å². The first-order chi connectivity index (χ1) is 10.9. The summed E-state index contributed by atoms with van der Waals surface area (Å²) in [7, 11) is 1.65. The number of fused-ring (bicyclic) bond motifs is 9. The van der Waals surface area contributed by atoms with E-state index in [-0.39, 0.29) is 6.10 Å². The summed E-state index contributed by atoms with van der Waals surface area (Å²) in [6.07, 6.45) is 9.30. The summed E-state index contributed by atoms with van der Waals surface area (Å²) in [6.45, 7) is 0. The zero-order valence-corrected chi connectivity index (χ0v) is 13.1. The number of benzene rings is 1. The monoisotopic (exact) mass is 296 g/mol. The van der Waals surface area contributed by atoms with Crippen molar-refractivity contribution in [1.82, 2.24) is 0 Å². The lowest BCUT2D eigenvalue weighted by Crippen LogP contribution is -2.34. The topological polar surface area (TPSA) is 18.5 Å². The Kier molecular flexibility index (Phi) is 2.99. The highest BCUT2D eigenvalue weighted by Crippen LogP contribution is 2.68. The van der Waals surface area contributed by atoms with Crippen LogP contribution < -0.4 is 0 Å². The number of allylic oxidation sites excluding steroid dienone is 2. The molecular weight excluding hydrogens is 272 g/mol. The summed E-state index contributed by atoms with van der Waals surface area (Å²) in [5, 5.41) is 0. The van der Waals surface area contributed by atoms with Crippen molar-refractivity contribution in [3.05, 3.63) is 48.0 Å². The molecule has 1 aromatic rings. The van der Waals surface area contributed by atoms with Crippen molar-refractivity contribution >= 4 is 0 Å². The van der Waals surface area contributed by atoms with E-state index in [2.05, 4.69) is 42.5 Å². The van der Waals surface area contributed by atoms with Crippen LogP contribution in [0.25, 0.3) is 0 Å². The first-order valence-electron chi connectivity index (χ1n) is 8.79. The molecule has 0 aliphatic heterocycles. The minimum atomic E-state index is 0.102. The second kappa shape index (κ2) is 4.94. The maximum Gasteiger partial charge on any atom is 0.121 e. The lowest BCUT2D eigenvalue weighted by molar-refractivity contribution is -0.322. The van der Waals surface area contributed by atoms with Gasteiger partial charge in [0.1, 0.15) is 6.10 Å². The van der Waals surface area contributed by atoms with Gasteiger partial charge < -0.3 is 0 Å². The van der Waals surface area contributed by atoms with Gasteiger partial charge in [-0.1, -0.05) is 42.5 Å². The quantitative estimate of drug-likeness (QED) is 0.355. The van der Waals surface area contributed by atoms with E-state index in [1.54, 1.807) is 7.11 Å². The molecule has 0 aromatic heterocycles. The Balaban J connectivity index is 1.45. The van der Waals surface area contributed by atoms with Crippen molar-refractivity contribution in [2.24, 2.45) is 41.4 Å². The average molecular weight is 296 g/mol. The molecule has 4 aliphatic rings. The van der Waals surface area contributed by atoms with Crippen LogP contribution in [-0.4, -0.2) is 7.11 Å². The molecule has 8 atom stereocenters. The fourth-order valence-corrected chi connectivity index (χ4v) is 6.54. The first-order valence-corrected chi connectivity index (χ1v) is 8.79. The summed E-state index contributed by atoms with van der Waals surface area (Å²) >= 11 is 0. The van der Waals surface area contributed by atoms with E-state index < -0.39 is 0 Å². The van der Waals surface area contributed by atoms with E-state index >= 15 is 0 Å². The normalized spacial score (nSPS) is 45.4. The third-order valence-electron chi connectivity index (χ3n) is 7.04. The molecular formula is C20H24O2. The van der Waals surface area contributed by atoms with E-state index in [0.717, 1.165) is 35.5 Å². The van der Waals surface area contributed by atoms with Crippen LogP contribution >= 0.6 is 0 Å². The van der Waals surface area contributed by atoms with Gasteiger partial charge in [0.05, 0.1) is 7.11 Å². The van der Waals surface area contributed by atoms with Crippen molar-refractivity contribution in [1.29, 1.82) is 0 Å². The molecule has 4 bridgehead atoms. The van der Waals surface area contributed by atoms with Gasteiger partial charge in [0, 0.05) is 0 Å². The molecule has 0 spiro atoms. The molecule has 22 heavy (non-hydrogen) atoms. The summed E-state index contributed by atoms with van der Waals surface area (Å²) < 4.78 is 0. The Morgan fingerprint density at radius 2 is 1.73 bits per heavy atom. The van der Waals surface area contributed by atoms with Crippen molar-refractivity contribution in [2.45, 2.75) is 25.4 Å². The smallest absolute Gasteiger partial charge is 0.121 e. The van der Waals surface area contributed by atoms with Crippen molar-refractivity contribution in [3.8, 4) is 0 Å². The first kappa shape index (κ1) is 13.3. The molecule has 116 valence electrons. The molecule has 2 nitrogen and oxygen atoms in total. The Hall–Kier alpha value is -1.12. The molecule has 0 amide bonds. The predicted molar refractivity (Wildman–Crippen MR) is 84.7 cm³/mol. The molecule has 0 heterocycles. The fourth-order valence-electron chi connectivity index (χ4n) is 6.54. The van der Waals surface area contributed by atoms with Gasteiger partial charge in [-0.15, -0.1) is 0 Å². The van der Waals surface area contributed by atoms with Crippen LogP contribution in [0.2, 0.25) is 0 Å². The van der Waals surface area contributed by atoms with Crippen molar-refractivity contribution in [2.75, 3.05) is 7.11 Å². The van der Waals surface area contributed by atoms with E-state index in [1.165, 1.54) is 24.8 Å². The number of hydrogen-bond donors (Lipinski definition) is 0. The largest absolute Gasteiger partial charge is 0.239 e. The van der Waals surface area contributed by atoms with E-state index in [4.69, 9.17) is 9.78 Å². The molecule has 0 radical (unpaired) electrons. The highest BCUT2D eigenvalue weighted by Gasteiger charge is 2.62. The van der Waals surface area contributed by atoms with Crippen LogP contribution in [0.5, 0.6) is 0 Å². The summed E-state index contributed by atoms with van der Waals surface area (Å²) in [4.78, 5) is 10.9. The zero-order chi connectivity index (χ0) is 14.7. The minimum absolute atomic E-state index is 0.102. The van der Waals surface area contributed by atoms with Crippen LogP contribution in [0.1, 0.15) is 30.9 Å². The third kappa shape index (κ3) is 1.74. The van der Waals surface area contributed by atoms with Gasteiger partial charge in [0.15, 0.2) is 0 Å². The minimum Gasteiger partial charge on any atom is -0.239 e. The van der Waals surface area contributed by atoms with Crippen molar-refractivity contribution in [3.63, 3.8) is 0 Å². The molecule has 0 N–H and O–H groups in total. The van der Waals surface area contributed by atoms with Crippen LogP contribution in [0.3, 0.4) is 0 Å². The second-order valence-electron chi connectivity index (χ2n) is 7.76. The van der Waals surface area contributed by atoms with Crippen LogP contribution in [-0.2, 0) is 9.78 Å². The summed E-state index contributed by atoms with van der Waals surface area (Å²) in [5.41, 5.74) is 1.28. The lowest BCUT2D eigenvalue weighted by Gasteiger charge is -2.39. The molecule has 5 rings (SSSR count). The maximum atomic E-state index is 5.78. The Morgan fingerprint density at radius 1 is 0.955 bits per heavy atom. The fraction of sp³-hybridized carbons (Fsp3) is 0.600. The predicted octanol–water partition coefficient (Wildman–Crippen LogP) is 4.40. The van der Waals surface area contributed by atoms with Gasteiger partial charge in [-0.3, -0.25) is 0 Å². The Labute approximate surface area is 132 Å². The molecule has 1 aromatic carbocycles.